The summed E-state index contributed by atoms with van der Waals surface area (Å²) >= 11 is 0. The Hall–Kier alpha value is -3.50. The summed E-state index contributed by atoms with van der Waals surface area (Å²) in [5.41, 5.74) is 1.95. The van der Waals surface area contributed by atoms with E-state index in [1.165, 1.54) is 26.1 Å². The first kappa shape index (κ1) is 30.5. The fraction of sp³-hybridized carbons (Fsp3) is 0.478. The summed E-state index contributed by atoms with van der Waals surface area (Å²) in [6.07, 6.45) is -9.17. The Kier molecular flexibility index (Phi) is 9.03. The van der Waals surface area contributed by atoms with Crippen LogP contribution in [0.3, 0.4) is 0 Å². The van der Waals surface area contributed by atoms with Crippen molar-refractivity contribution in [3.8, 4) is 5.75 Å². The summed E-state index contributed by atoms with van der Waals surface area (Å²) in [5.74, 6) is -0.823. The average Bonchev–Trinajstić information content (AvgIpc) is 3.46. The first-order valence-corrected chi connectivity index (χ1v) is 13.9. The highest BCUT2D eigenvalue weighted by Crippen LogP contribution is 2.50. The van der Waals surface area contributed by atoms with Gasteiger partial charge in [-0.1, -0.05) is 18.2 Å². The van der Waals surface area contributed by atoms with E-state index in [0.29, 0.717) is 0 Å². The molecule has 1 aliphatic rings. The van der Waals surface area contributed by atoms with Gasteiger partial charge in [0.05, 0.1) is 19.5 Å². The molecule has 1 fully saturated rings. The number of carbonyl (C=O) groups excluding carboxylic acids is 1. The van der Waals surface area contributed by atoms with Crippen LogP contribution in [-0.4, -0.2) is 81.2 Å². The molecule has 41 heavy (non-hydrogen) atoms. The largest absolute Gasteiger partial charge is 0.465 e. The van der Waals surface area contributed by atoms with Crippen molar-refractivity contribution in [2.24, 2.45) is 0 Å². The number of aliphatic hydroxyl groups is 1. The number of rotatable bonds is 12. The number of halogens is 3. The van der Waals surface area contributed by atoms with Gasteiger partial charge in [-0.3, -0.25) is 13.9 Å². The minimum Gasteiger partial charge on any atom is -0.465 e. The monoisotopic (exact) mass is 603 g/mol. The summed E-state index contributed by atoms with van der Waals surface area (Å²) < 4.78 is 80.2. The third kappa shape index (κ3) is 6.08. The highest BCUT2D eigenvalue weighted by atomic mass is 31.2. The zero-order chi connectivity index (χ0) is 29.9. The molecule has 3 heterocycles. The molecule has 0 radical (unpaired) electrons. The molecule has 1 aromatic carbocycles. The van der Waals surface area contributed by atoms with Crippen LogP contribution in [0.2, 0.25) is 0 Å². The van der Waals surface area contributed by atoms with Gasteiger partial charge >= 0.3 is 13.7 Å². The van der Waals surface area contributed by atoms with E-state index in [1.807, 2.05) is 0 Å². The molecule has 1 saturated heterocycles. The first-order valence-electron chi connectivity index (χ1n) is 12.4. The van der Waals surface area contributed by atoms with Crippen LogP contribution in [-0.2, 0) is 23.4 Å². The molecule has 6 atom stereocenters. The molecule has 3 aromatic rings. The standard InChI is InChI=1S/C23H29F3N7O7P/c1-4-37-19(35)12(2)32-41(36,40-13-8-6-5-7-9-13)38-10-14-16(34)23(26,20(24)25)21(39-14)33-11-29-15-17(28-3)30-22(27)31-18(15)33/h5-9,11-12,14,16,20-21,34H,4,10H2,1-3H3,(H,32,36)(H3,27,28,30,31)/t12-,14-,16-,21-,23+,41+/m1/s1. The lowest BCUT2D eigenvalue weighted by Gasteiger charge is -2.28. The number of hydrogen-bond donors (Lipinski definition) is 4. The van der Waals surface area contributed by atoms with Crippen molar-refractivity contribution in [2.45, 2.75) is 50.4 Å². The van der Waals surface area contributed by atoms with Gasteiger partial charge in [0.1, 0.15) is 24.0 Å². The van der Waals surface area contributed by atoms with Crippen molar-refractivity contribution < 1.29 is 46.2 Å². The second-order valence-electron chi connectivity index (χ2n) is 8.90. The summed E-state index contributed by atoms with van der Waals surface area (Å²) in [6.45, 7) is 2.06. The summed E-state index contributed by atoms with van der Waals surface area (Å²) in [6, 6.07) is 6.52. The third-order valence-corrected chi connectivity index (χ3v) is 7.76. The quantitative estimate of drug-likeness (QED) is 0.175. The Morgan fingerprint density at radius 2 is 2.02 bits per heavy atom. The summed E-state index contributed by atoms with van der Waals surface area (Å²) in [7, 11) is -2.96. The number of alkyl halides is 3. The van der Waals surface area contributed by atoms with Crippen LogP contribution < -0.4 is 20.7 Å². The van der Waals surface area contributed by atoms with Gasteiger partial charge in [-0.2, -0.15) is 15.1 Å². The van der Waals surface area contributed by atoms with E-state index in [2.05, 4.69) is 25.4 Å². The van der Waals surface area contributed by atoms with Crippen LogP contribution in [0.5, 0.6) is 5.75 Å². The Balaban J connectivity index is 1.62. The lowest BCUT2D eigenvalue weighted by atomic mass is 9.96. The molecule has 2 aromatic heterocycles. The summed E-state index contributed by atoms with van der Waals surface area (Å²) in [4.78, 5) is 24.1. The Labute approximate surface area is 231 Å². The van der Waals surface area contributed by atoms with E-state index in [0.717, 1.165) is 10.9 Å². The molecular weight excluding hydrogens is 574 g/mol. The van der Waals surface area contributed by atoms with Crippen molar-refractivity contribution in [3.63, 3.8) is 0 Å². The number of nitrogens with zero attached hydrogens (tertiary/aromatic N) is 4. The number of aromatic nitrogens is 4. The number of nitrogen functional groups attached to an aromatic ring is 1. The predicted molar refractivity (Wildman–Crippen MR) is 139 cm³/mol. The second-order valence-corrected chi connectivity index (χ2v) is 10.6. The van der Waals surface area contributed by atoms with Gasteiger partial charge in [0, 0.05) is 7.05 Å². The van der Waals surface area contributed by atoms with Crippen LogP contribution in [0.1, 0.15) is 20.1 Å². The highest BCUT2D eigenvalue weighted by Gasteiger charge is 2.64. The van der Waals surface area contributed by atoms with Crippen molar-refractivity contribution in [2.75, 3.05) is 31.3 Å². The van der Waals surface area contributed by atoms with E-state index < -0.39 is 56.9 Å². The fourth-order valence-electron chi connectivity index (χ4n) is 4.14. The number of fused-ring (bicyclic) bond motifs is 1. The predicted octanol–water partition coefficient (Wildman–Crippen LogP) is 2.43. The second kappa shape index (κ2) is 12.2. The number of carbonyl (C=O) groups is 1. The highest BCUT2D eigenvalue weighted by molar-refractivity contribution is 7.52. The first-order chi connectivity index (χ1) is 19.4. The Bertz CT molecular complexity index is 1420. The number of imidazole rings is 1. The van der Waals surface area contributed by atoms with Crippen LogP contribution in [0.15, 0.2) is 36.7 Å². The SMILES string of the molecule is CCOC(=O)[C@@H](C)N[P@](=O)(OC[C@H]1O[C@@H](n2cnc3c(NC)nc(N)nc32)[C@@](F)(C(F)F)[C@@H]1O)Oc1ccccc1. The van der Waals surface area contributed by atoms with Gasteiger partial charge in [0.2, 0.25) is 11.6 Å². The molecule has 0 amide bonds. The zero-order valence-corrected chi connectivity index (χ0v) is 23.0. The smallest absolute Gasteiger partial charge is 0.459 e. The molecule has 0 aliphatic carbocycles. The van der Waals surface area contributed by atoms with E-state index in [4.69, 9.17) is 24.3 Å². The zero-order valence-electron chi connectivity index (χ0n) is 22.1. The molecule has 224 valence electrons. The van der Waals surface area contributed by atoms with Gasteiger partial charge < -0.3 is 30.2 Å². The topological polar surface area (TPSA) is 185 Å². The van der Waals surface area contributed by atoms with Gasteiger partial charge in [-0.25, -0.2) is 22.7 Å². The minimum atomic E-state index is -4.47. The number of esters is 1. The molecule has 0 saturated carbocycles. The van der Waals surface area contributed by atoms with Crippen LogP contribution >= 0.6 is 7.75 Å². The number of ether oxygens (including phenoxy) is 2. The van der Waals surface area contributed by atoms with Crippen molar-refractivity contribution in [1.82, 2.24) is 24.6 Å². The number of nitrogens with one attached hydrogen (secondary N) is 2. The van der Waals surface area contributed by atoms with Crippen LogP contribution in [0.25, 0.3) is 11.2 Å². The minimum absolute atomic E-state index is 0.0422. The number of anilines is 2. The average molecular weight is 603 g/mol. The van der Waals surface area contributed by atoms with Crippen molar-refractivity contribution in [1.29, 1.82) is 0 Å². The van der Waals surface area contributed by atoms with Gasteiger partial charge in [0.25, 0.3) is 6.43 Å². The number of benzene rings is 1. The van der Waals surface area contributed by atoms with Gasteiger partial charge in [0.15, 0.2) is 23.2 Å². The van der Waals surface area contributed by atoms with E-state index in [9.17, 15) is 23.2 Å². The van der Waals surface area contributed by atoms with Gasteiger partial charge in [-0.05, 0) is 26.0 Å². The number of aliphatic hydroxyl groups excluding tert-OH is 1. The Morgan fingerprint density at radius 1 is 1.32 bits per heavy atom. The normalized spacial score (nSPS) is 24.7. The van der Waals surface area contributed by atoms with Crippen molar-refractivity contribution >= 4 is 36.6 Å². The molecule has 1 aliphatic heterocycles. The van der Waals surface area contributed by atoms with E-state index in [1.54, 1.807) is 25.1 Å². The maximum Gasteiger partial charge on any atom is 0.459 e. The number of hydrogen-bond acceptors (Lipinski definition) is 12. The number of nitrogens with two attached hydrogens (primary N) is 1. The number of para-hydroxylation sites is 1. The third-order valence-electron chi connectivity index (χ3n) is 6.12. The molecule has 18 heteroatoms. The molecule has 0 unspecified atom stereocenters. The summed E-state index contributed by atoms with van der Waals surface area (Å²) in [5, 5.41) is 15.8. The van der Waals surface area contributed by atoms with E-state index >= 15 is 4.39 Å². The van der Waals surface area contributed by atoms with Gasteiger partial charge in [-0.15, -0.1) is 0 Å². The molecular formula is C23H29F3N7O7P. The molecule has 0 spiro atoms. The maximum absolute atomic E-state index is 16.0. The van der Waals surface area contributed by atoms with Crippen molar-refractivity contribution in [3.05, 3.63) is 36.7 Å². The molecule has 5 N–H and O–H groups in total. The molecule has 4 rings (SSSR count). The molecule has 0 bridgehead atoms. The maximum atomic E-state index is 16.0. The van der Waals surface area contributed by atoms with Crippen LogP contribution in [0, 0.1) is 0 Å². The lowest BCUT2D eigenvalue weighted by Crippen LogP contribution is -2.49. The van der Waals surface area contributed by atoms with E-state index in [-0.39, 0.29) is 35.3 Å². The Morgan fingerprint density at radius 3 is 2.66 bits per heavy atom. The fourth-order valence-corrected chi connectivity index (χ4v) is 5.64. The lowest BCUT2D eigenvalue weighted by molar-refractivity contribution is -0.144. The van der Waals surface area contributed by atoms with Crippen LogP contribution in [0.4, 0.5) is 24.9 Å². The molecule has 14 nitrogen and oxygen atoms in total.